The Morgan fingerprint density at radius 3 is 2.76 bits per heavy atom. The van der Waals surface area contributed by atoms with E-state index in [-0.39, 0.29) is 12.6 Å². The van der Waals surface area contributed by atoms with Crippen molar-refractivity contribution < 1.29 is 9.52 Å². The van der Waals surface area contributed by atoms with Crippen molar-refractivity contribution in [1.82, 2.24) is 4.98 Å². The summed E-state index contributed by atoms with van der Waals surface area (Å²) in [5, 5.41) is 13.3. The van der Waals surface area contributed by atoms with Gasteiger partial charge >= 0.3 is 0 Å². The van der Waals surface area contributed by atoms with Crippen LogP contribution in [-0.2, 0) is 0 Å². The number of aliphatic hydroxyl groups excluding tert-OH is 1. The van der Waals surface area contributed by atoms with E-state index in [1.54, 1.807) is 17.6 Å². The molecule has 0 amide bonds. The number of nitrogens with zero attached hydrogens (tertiary/aromatic N) is 1. The minimum absolute atomic E-state index is 0.0697. The van der Waals surface area contributed by atoms with Gasteiger partial charge in [-0.1, -0.05) is 41.7 Å². The Balaban J connectivity index is 1.77. The second-order valence-corrected chi connectivity index (χ2v) is 5.65. The van der Waals surface area contributed by atoms with Crippen LogP contribution < -0.4 is 5.32 Å². The molecule has 21 heavy (non-hydrogen) atoms. The van der Waals surface area contributed by atoms with Crippen LogP contribution in [0.3, 0.4) is 0 Å². The highest BCUT2D eigenvalue weighted by molar-refractivity contribution is 7.18. The van der Waals surface area contributed by atoms with E-state index in [9.17, 15) is 5.11 Å². The largest absolute Gasteiger partial charge is 0.467 e. The fourth-order valence-electron chi connectivity index (χ4n) is 2.13. The molecule has 2 N–H and O–H groups in total. The topological polar surface area (TPSA) is 58.3 Å². The summed E-state index contributed by atoms with van der Waals surface area (Å²) in [4.78, 5) is 5.52. The number of aliphatic hydroxyl groups is 1. The quantitative estimate of drug-likeness (QED) is 0.724. The number of hydrogen-bond acceptors (Lipinski definition) is 5. The van der Waals surface area contributed by atoms with Crippen LogP contribution in [0.15, 0.2) is 59.3 Å². The fourth-order valence-corrected chi connectivity index (χ4v) is 3.00. The lowest BCUT2D eigenvalue weighted by molar-refractivity contribution is 0.273. The highest BCUT2D eigenvalue weighted by Crippen LogP contribution is 2.31. The zero-order chi connectivity index (χ0) is 14.5. The molecule has 1 unspecified atom stereocenters. The van der Waals surface area contributed by atoms with Crippen LogP contribution in [0.2, 0.25) is 0 Å². The number of nitrogens with one attached hydrogen (secondary N) is 1. The molecule has 0 spiro atoms. The Labute approximate surface area is 127 Å². The van der Waals surface area contributed by atoms with E-state index in [1.165, 1.54) is 0 Å². The lowest BCUT2D eigenvalue weighted by Crippen LogP contribution is -2.11. The summed E-state index contributed by atoms with van der Waals surface area (Å²) in [6, 6.07) is 13.8. The van der Waals surface area contributed by atoms with Gasteiger partial charge in [0.25, 0.3) is 0 Å². The van der Waals surface area contributed by atoms with E-state index in [1.807, 2.05) is 36.5 Å². The molecule has 2 heterocycles. The summed E-state index contributed by atoms with van der Waals surface area (Å²) < 4.78 is 5.42. The molecule has 108 valence electrons. The molecular formula is C16H16N2O2S. The van der Waals surface area contributed by atoms with E-state index in [0.717, 1.165) is 21.3 Å². The third-order valence-corrected chi connectivity index (χ3v) is 4.14. The lowest BCUT2D eigenvalue weighted by atomic mass is 10.1. The van der Waals surface area contributed by atoms with Crippen LogP contribution in [0.5, 0.6) is 0 Å². The van der Waals surface area contributed by atoms with Gasteiger partial charge in [-0.2, -0.15) is 0 Å². The van der Waals surface area contributed by atoms with Crippen LogP contribution in [0.25, 0.3) is 10.4 Å². The number of thiazole rings is 1. The van der Waals surface area contributed by atoms with Gasteiger partial charge in [-0.3, -0.25) is 0 Å². The number of furan rings is 1. The minimum atomic E-state index is -0.0697. The monoisotopic (exact) mass is 300 g/mol. The maximum Gasteiger partial charge on any atom is 0.183 e. The fraction of sp³-hybridized carbons (Fsp3) is 0.188. The molecule has 0 aliphatic rings. The van der Waals surface area contributed by atoms with Gasteiger partial charge < -0.3 is 14.8 Å². The standard InChI is InChI=1S/C16H16N2O2S/c19-9-8-13(14-7-4-10-20-14)18-16-17-11-15(21-16)12-5-2-1-3-6-12/h1-7,10-11,13,19H,8-9H2,(H,17,18). The molecule has 0 radical (unpaired) electrons. The highest BCUT2D eigenvalue weighted by Gasteiger charge is 2.15. The molecule has 4 nitrogen and oxygen atoms in total. The molecule has 0 saturated carbocycles. The average molecular weight is 300 g/mol. The van der Waals surface area contributed by atoms with Gasteiger partial charge in [0.05, 0.1) is 17.2 Å². The van der Waals surface area contributed by atoms with Gasteiger partial charge in [0.15, 0.2) is 5.13 Å². The number of rotatable bonds is 6. The molecule has 0 aliphatic heterocycles. The molecule has 1 atom stereocenters. The smallest absolute Gasteiger partial charge is 0.183 e. The van der Waals surface area contributed by atoms with Crippen molar-refractivity contribution in [3.05, 3.63) is 60.7 Å². The van der Waals surface area contributed by atoms with Crippen molar-refractivity contribution in [2.24, 2.45) is 0 Å². The van der Waals surface area contributed by atoms with Crippen LogP contribution in [0.4, 0.5) is 5.13 Å². The molecule has 3 rings (SSSR count). The molecule has 2 aromatic heterocycles. The number of hydrogen-bond donors (Lipinski definition) is 2. The highest BCUT2D eigenvalue weighted by atomic mass is 32.1. The van der Waals surface area contributed by atoms with Crippen molar-refractivity contribution in [3.63, 3.8) is 0 Å². The molecule has 1 aromatic carbocycles. The Hall–Kier alpha value is -2.11. The van der Waals surface area contributed by atoms with Crippen LogP contribution in [0, 0.1) is 0 Å². The minimum Gasteiger partial charge on any atom is -0.467 e. The van der Waals surface area contributed by atoms with Crippen molar-refractivity contribution in [1.29, 1.82) is 0 Å². The SMILES string of the molecule is OCCC(Nc1ncc(-c2ccccc2)s1)c1ccco1. The van der Waals surface area contributed by atoms with Crippen LogP contribution in [0.1, 0.15) is 18.2 Å². The van der Waals surface area contributed by atoms with Crippen molar-refractivity contribution in [2.45, 2.75) is 12.5 Å². The van der Waals surface area contributed by atoms with E-state index in [0.29, 0.717) is 6.42 Å². The maximum atomic E-state index is 9.20. The predicted octanol–water partition coefficient (Wildman–Crippen LogP) is 3.94. The normalized spacial score (nSPS) is 12.2. The van der Waals surface area contributed by atoms with Gasteiger partial charge in [-0.25, -0.2) is 4.98 Å². The Morgan fingerprint density at radius 1 is 1.19 bits per heavy atom. The summed E-state index contributed by atoms with van der Waals surface area (Å²) >= 11 is 1.59. The molecule has 0 saturated heterocycles. The van der Waals surface area contributed by atoms with E-state index < -0.39 is 0 Å². The van der Waals surface area contributed by atoms with Crippen molar-refractivity contribution in [3.8, 4) is 10.4 Å². The van der Waals surface area contributed by atoms with Crippen molar-refractivity contribution in [2.75, 3.05) is 11.9 Å². The Bertz CT molecular complexity index is 665. The predicted molar refractivity (Wildman–Crippen MR) is 84.3 cm³/mol. The molecule has 0 aliphatic carbocycles. The summed E-state index contributed by atoms with van der Waals surface area (Å²) in [5.74, 6) is 0.806. The van der Waals surface area contributed by atoms with Crippen LogP contribution >= 0.6 is 11.3 Å². The first-order valence-electron chi connectivity index (χ1n) is 6.79. The first-order valence-corrected chi connectivity index (χ1v) is 7.60. The molecule has 5 heteroatoms. The number of anilines is 1. The summed E-state index contributed by atoms with van der Waals surface area (Å²) in [6.07, 6.45) is 4.08. The Kier molecular flexibility index (Phi) is 4.33. The van der Waals surface area contributed by atoms with E-state index in [2.05, 4.69) is 22.4 Å². The number of benzene rings is 1. The summed E-state index contributed by atoms with van der Waals surface area (Å²) in [6.45, 7) is 0.0925. The van der Waals surface area contributed by atoms with Crippen LogP contribution in [-0.4, -0.2) is 16.7 Å². The second kappa shape index (κ2) is 6.56. The first-order chi connectivity index (χ1) is 10.4. The van der Waals surface area contributed by atoms with Gasteiger partial charge in [0.2, 0.25) is 0 Å². The van der Waals surface area contributed by atoms with Gasteiger partial charge in [0, 0.05) is 12.8 Å². The molecular weight excluding hydrogens is 284 g/mol. The summed E-state index contributed by atoms with van der Waals surface area (Å²) in [7, 11) is 0. The molecule has 0 fully saturated rings. The third-order valence-electron chi connectivity index (χ3n) is 3.17. The number of aromatic nitrogens is 1. The van der Waals surface area contributed by atoms with Gasteiger partial charge in [-0.05, 0) is 24.1 Å². The molecule has 3 aromatic rings. The second-order valence-electron chi connectivity index (χ2n) is 4.62. The Morgan fingerprint density at radius 2 is 2.05 bits per heavy atom. The molecule has 0 bridgehead atoms. The lowest BCUT2D eigenvalue weighted by Gasteiger charge is -2.14. The first kappa shape index (κ1) is 13.9. The zero-order valence-electron chi connectivity index (χ0n) is 11.4. The summed E-state index contributed by atoms with van der Waals surface area (Å²) in [5.41, 5.74) is 1.15. The maximum absolute atomic E-state index is 9.20. The third kappa shape index (κ3) is 3.32. The van der Waals surface area contributed by atoms with Gasteiger partial charge in [0.1, 0.15) is 5.76 Å². The van der Waals surface area contributed by atoms with Gasteiger partial charge in [-0.15, -0.1) is 0 Å². The average Bonchev–Trinajstić information content (AvgIpc) is 3.19. The zero-order valence-corrected chi connectivity index (χ0v) is 12.2. The van der Waals surface area contributed by atoms with Crippen molar-refractivity contribution >= 4 is 16.5 Å². The van der Waals surface area contributed by atoms with E-state index >= 15 is 0 Å². The van der Waals surface area contributed by atoms with E-state index in [4.69, 9.17) is 4.42 Å².